The molecule has 0 aromatic rings. The number of hydrogen-bond donors (Lipinski definition) is 0. The molecule has 0 atom stereocenters. The van der Waals surface area contributed by atoms with Crippen LogP contribution in [0.15, 0.2) is 24.8 Å². The van der Waals surface area contributed by atoms with Crippen LogP contribution in [0.2, 0.25) is 0 Å². The molecule has 4 aliphatic rings. The Kier molecular flexibility index (Phi) is 3.72. The van der Waals surface area contributed by atoms with Gasteiger partial charge in [0.1, 0.15) is 5.60 Å². The minimum atomic E-state index is -0.268. The van der Waals surface area contributed by atoms with E-state index in [2.05, 4.69) is 13.2 Å². The highest BCUT2D eigenvalue weighted by atomic mass is 16.6. The smallest absolute Gasteiger partial charge is 0.336 e. The van der Waals surface area contributed by atoms with Crippen molar-refractivity contribution in [2.24, 2.45) is 17.8 Å². The second kappa shape index (κ2) is 5.36. The van der Waals surface area contributed by atoms with Gasteiger partial charge in [0, 0.05) is 0 Å². The molecule has 20 heavy (non-hydrogen) atoms. The quantitative estimate of drug-likeness (QED) is 0.323. The van der Waals surface area contributed by atoms with E-state index < -0.39 is 0 Å². The number of ether oxygens (including phenoxy) is 2. The Balaban J connectivity index is 1.58. The van der Waals surface area contributed by atoms with Crippen LogP contribution in [-0.4, -0.2) is 24.8 Å². The third kappa shape index (κ3) is 2.69. The molecule has 0 amide bonds. The molecule has 4 fully saturated rings. The Morgan fingerprint density at radius 3 is 2.20 bits per heavy atom. The highest BCUT2D eigenvalue weighted by molar-refractivity contribution is 5.88. The van der Waals surface area contributed by atoms with Crippen molar-refractivity contribution in [3.63, 3.8) is 0 Å². The van der Waals surface area contributed by atoms with Gasteiger partial charge in [-0.3, -0.25) is 0 Å². The predicted molar refractivity (Wildman–Crippen MR) is 77.2 cm³/mol. The highest BCUT2D eigenvalue weighted by Crippen LogP contribution is 2.57. The lowest BCUT2D eigenvalue weighted by Crippen LogP contribution is -2.52. The minimum Gasteiger partial charge on any atom is -0.456 e. The van der Waals surface area contributed by atoms with E-state index in [1.54, 1.807) is 6.08 Å². The summed E-state index contributed by atoms with van der Waals surface area (Å²) in [6, 6.07) is 0. The predicted octanol–water partition coefficient (Wildman–Crippen LogP) is 3.26. The van der Waals surface area contributed by atoms with E-state index in [1.165, 1.54) is 19.3 Å². The lowest BCUT2D eigenvalue weighted by atomic mass is 9.54. The van der Waals surface area contributed by atoms with E-state index in [1.807, 2.05) is 0 Å². The molecule has 4 rings (SSSR count). The van der Waals surface area contributed by atoms with Crippen LogP contribution in [-0.2, 0) is 14.3 Å². The van der Waals surface area contributed by atoms with Gasteiger partial charge in [-0.25, -0.2) is 4.79 Å². The average Bonchev–Trinajstić information content (AvgIpc) is 2.36. The zero-order chi connectivity index (χ0) is 14.2. The maximum atomic E-state index is 12.2. The standard InChI is InChI=1S/C17H24O3/c1-3-4-19-11-12(2)16(18)20-17-8-13-5-14(9-17)7-15(6-13)10-17/h3,13-15H,1-2,4-11H2. The van der Waals surface area contributed by atoms with Crippen molar-refractivity contribution in [1.29, 1.82) is 0 Å². The highest BCUT2D eigenvalue weighted by Gasteiger charge is 2.53. The third-order valence-electron chi connectivity index (χ3n) is 5.09. The molecular formula is C17H24O3. The van der Waals surface area contributed by atoms with Crippen molar-refractivity contribution in [1.82, 2.24) is 0 Å². The summed E-state index contributed by atoms with van der Waals surface area (Å²) in [7, 11) is 0. The van der Waals surface area contributed by atoms with Crippen LogP contribution in [0, 0.1) is 17.8 Å². The van der Waals surface area contributed by atoms with Crippen molar-refractivity contribution in [3.05, 3.63) is 24.8 Å². The first-order chi connectivity index (χ1) is 9.60. The number of esters is 1. The zero-order valence-corrected chi connectivity index (χ0v) is 12.1. The van der Waals surface area contributed by atoms with E-state index in [0.717, 1.165) is 37.0 Å². The van der Waals surface area contributed by atoms with Crippen LogP contribution >= 0.6 is 0 Å². The van der Waals surface area contributed by atoms with Crippen LogP contribution in [0.3, 0.4) is 0 Å². The summed E-state index contributed by atoms with van der Waals surface area (Å²) in [6.07, 6.45) is 8.89. The fraction of sp³-hybridized carbons (Fsp3) is 0.706. The molecule has 0 N–H and O–H groups in total. The van der Waals surface area contributed by atoms with E-state index in [9.17, 15) is 4.79 Å². The van der Waals surface area contributed by atoms with Gasteiger partial charge in [0.25, 0.3) is 0 Å². The summed E-state index contributed by atoms with van der Waals surface area (Å²) in [5, 5.41) is 0. The monoisotopic (exact) mass is 276 g/mol. The number of rotatable bonds is 6. The van der Waals surface area contributed by atoms with Gasteiger partial charge in [0.15, 0.2) is 0 Å². The molecule has 110 valence electrons. The summed E-state index contributed by atoms with van der Waals surface area (Å²) in [4.78, 5) is 12.2. The Bertz CT molecular complexity index is 389. The molecule has 0 aliphatic heterocycles. The topological polar surface area (TPSA) is 35.5 Å². The van der Waals surface area contributed by atoms with Crippen LogP contribution in [0.4, 0.5) is 0 Å². The summed E-state index contributed by atoms with van der Waals surface area (Å²) in [5.41, 5.74) is 0.232. The Morgan fingerprint density at radius 2 is 1.70 bits per heavy atom. The molecule has 4 aliphatic carbocycles. The second-order valence-electron chi connectivity index (χ2n) is 6.90. The molecule has 3 heteroatoms. The van der Waals surface area contributed by atoms with Crippen LogP contribution in [0.5, 0.6) is 0 Å². The van der Waals surface area contributed by atoms with Crippen molar-refractivity contribution in [2.45, 2.75) is 44.1 Å². The van der Waals surface area contributed by atoms with Gasteiger partial charge in [0.05, 0.1) is 18.8 Å². The first-order valence-corrected chi connectivity index (χ1v) is 7.70. The van der Waals surface area contributed by atoms with Gasteiger partial charge in [0.2, 0.25) is 0 Å². The molecule has 0 heterocycles. The number of hydrogen-bond acceptors (Lipinski definition) is 3. The van der Waals surface area contributed by atoms with Gasteiger partial charge >= 0.3 is 5.97 Å². The minimum absolute atomic E-state index is 0.187. The summed E-state index contributed by atoms with van der Waals surface area (Å²) in [6.45, 7) is 8.04. The average molecular weight is 276 g/mol. The molecule has 0 aromatic carbocycles. The number of carbonyl (C=O) groups is 1. The molecule has 4 saturated carbocycles. The molecule has 0 unspecified atom stereocenters. The first kappa shape index (κ1) is 13.9. The van der Waals surface area contributed by atoms with Crippen molar-refractivity contribution in [3.8, 4) is 0 Å². The molecule has 4 bridgehead atoms. The zero-order valence-electron chi connectivity index (χ0n) is 12.1. The summed E-state index contributed by atoms with van der Waals surface area (Å²) >= 11 is 0. The van der Waals surface area contributed by atoms with Gasteiger partial charge in [-0.1, -0.05) is 12.7 Å². The molecule has 0 saturated heterocycles. The van der Waals surface area contributed by atoms with Crippen LogP contribution in [0.25, 0.3) is 0 Å². The molecule has 3 nitrogen and oxygen atoms in total. The van der Waals surface area contributed by atoms with E-state index in [-0.39, 0.29) is 18.2 Å². The molecule has 0 spiro atoms. The molecule has 0 radical (unpaired) electrons. The van der Waals surface area contributed by atoms with Crippen molar-refractivity contribution < 1.29 is 14.3 Å². The lowest BCUT2D eigenvalue weighted by molar-refractivity contribution is -0.182. The largest absolute Gasteiger partial charge is 0.456 e. The lowest BCUT2D eigenvalue weighted by Gasteiger charge is -2.55. The maximum absolute atomic E-state index is 12.2. The second-order valence-corrected chi connectivity index (χ2v) is 6.90. The third-order valence-corrected chi connectivity index (χ3v) is 5.09. The normalized spacial score (nSPS) is 37.7. The van der Waals surface area contributed by atoms with Crippen LogP contribution in [0.1, 0.15) is 38.5 Å². The van der Waals surface area contributed by atoms with Crippen molar-refractivity contribution >= 4 is 5.97 Å². The van der Waals surface area contributed by atoms with E-state index in [0.29, 0.717) is 12.2 Å². The Morgan fingerprint density at radius 1 is 1.15 bits per heavy atom. The first-order valence-electron chi connectivity index (χ1n) is 7.70. The maximum Gasteiger partial charge on any atom is 0.336 e. The van der Waals surface area contributed by atoms with E-state index >= 15 is 0 Å². The van der Waals surface area contributed by atoms with Crippen LogP contribution < -0.4 is 0 Å². The van der Waals surface area contributed by atoms with Gasteiger partial charge in [-0.05, 0) is 56.3 Å². The van der Waals surface area contributed by atoms with Gasteiger partial charge in [-0.2, -0.15) is 0 Å². The number of carbonyl (C=O) groups excluding carboxylic acids is 1. The summed E-state index contributed by atoms with van der Waals surface area (Å²) in [5.74, 6) is 2.06. The fourth-order valence-corrected chi connectivity index (χ4v) is 4.75. The van der Waals surface area contributed by atoms with E-state index in [4.69, 9.17) is 9.47 Å². The Labute approximate surface area is 121 Å². The Hall–Kier alpha value is -1.09. The fourth-order valence-electron chi connectivity index (χ4n) is 4.75. The van der Waals surface area contributed by atoms with Crippen molar-refractivity contribution in [2.75, 3.05) is 13.2 Å². The summed E-state index contributed by atoms with van der Waals surface area (Å²) < 4.78 is 11.2. The van der Waals surface area contributed by atoms with Gasteiger partial charge in [-0.15, -0.1) is 6.58 Å². The molecule has 0 aromatic heterocycles. The van der Waals surface area contributed by atoms with Gasteiger partial charge < -0.3 is 9.47 Å². The molecular weight excluding hydrogens is 252 g/mol. The SMILES string of the molecule is C=CCOCC(=C)C(=O)OC12CC3CC(CC(C3)C1)C2.